The number of carbonyl (C=O) groups is 1. The molecule has 2 N–H and O–H groups in total. The summed E-state index contributed by atoms with van der Waals surface area (Å²) in [5, 5.41) is 6.14. The largest absolute Gasteiger partial charge is 0.479 e. The standard InChI is InChI=1S/C13H18N2O2S/c1-8-13(16)15-10-6-9(4-5-12(10)17-8)11(14-2)7-18-3/h4-6,8,11,14H,7H2,1-3H3,(H,15,16). The predicted molar refractivity (Wildman–Crippen MR) is 75.3 cm³/mol. The van der Waals surface area contributed by atoms with E-state index in [4.69, 9.17) is 4.74 Å². The number of thioether (sulfide) groups is 1. The van der Waals surface area contributed by atoms with Crippen LogP contribution in [0, 0.1) is 0 Å². The molecule has 18 heavy (non-hydrogen) atoms. The third-order valence-electron chi connectivity index (χ3n) is 3.02. The summed E-state index contributed by atoms with van der Waals surface area (Å²) in [6, 6.07) is 6.23. The number of hydrogen-bond donors (Lipinski definition) is 2. The van der Waals surface area contributed by atoms with Crippen LogP contribution in [0.4, 0.5) is 5.69 Å². The molecule has 1 amide bonds. The lowest BCUT2D eigenvalue weighted by Gasteiger charge is -2.25. The van der Waals surface area contributed by atoms with E-state index < -0.39 is 6.10 Å². The lowest BCUT2D eigenvalue weighted by Crippen LogP contribution is -2.34. The van der Waals surface area contributed by atoms with Crippen molar-refractivity contribution in [3.63, 3.8) is 0 Å². The van der Waals surface area contributed by atoms with Gasteiger partial charge in [0.05, 0.1) is 5.69 Å². The molecule has 1 aromatic rings. The normalized spacial score (nSPS) is 19.7. The number of benzene rings is 1. The summed E-state index contributed by atoms with van der Waals surface area (Å²) in [4.78, 5) is 11.6. The van der Waals surface area contributed by atoms with Gasteiger partial charge in [0.15, 0.2) is 6.10 Å². The molecule has 0 radical (unpaired) electrons. The number of ether oxygens (including phenoxy) is 1. The molecular formula is C13H18N2O2S. The molecule has 1 aliphatic heterocycles. The Balaban J connectivity index is 2.26. The maximum absolute atomic E-state index is 11.6. The molecule has 2 rings (SSSR count). The average Bonchev–Trinajstić information content (AvgIpc) is 2.37. The average molecular weight is 266 g/mol. The van der Waals surface area contributed by atoms with Gasteiger partial charge in [-0.15, -0.1) is 0 Å². The van der Waals surface area contributed by atoms with Crippen LogP contribution in [-0.2, 0) is 4.79 Å². The van der Waals surface area contributed by atoms with Crippen LogP contribution in [0.1, 0.15) is 18.5 Å². The van der Waals surface area contributed by atoms with Gasteiger partial charge < -0.3 is 15.4 Å². The van der Waals surface area contributed by atoms with E-state index in [-0.39, 0.29) is 11.9 Å². The molecule has 1 aromatic carbocycles. The molecule has 2 unspecified atom stereocenters. The van der Waals surface area contributed by atoms with Crippen molar-refractivity contribution >= 4 is 23.4 Å². The number of amides is 1. The second-order valence-electron chi connectivity index (χ2n) is 4.30. The molecule has 1 heterocycles. The van der Waals surface area contributed by atoms with E-state index in [2.05, 4.69) is 16.9 Å². The van der Waals surface area contributed by atoms with Gasteiger partial charge in [0.2, 0.25) is 0 Å². The molecule has 0 saturated heterocycles. The predicted octanol–water partition coefficient (Wildman–Crippen LogP) is 2.03. The number of fused-ring (bicyclic) bond motifs is 1. The minimum atomic E-state index is -0.422. The van der Waals surface area contributed by atoms with Crippen LogP contribution >= 0.6 is 11.8 Å². The summed E-state index contributed by atoms with van der Waals surface area (Å²) in [6.07, 6.45) is 1.66. The summed E-state index contributed by atoms with van der Waals surface area (Å²) in [5.74, 6) is 1.64. The van der Waals surface area contributed by atoms with Crippen molar-refractivity contribution in [2.24, 2.45) is 0 Å². The van der Waals surface area contributed by atoms with E-state index >= 15 is 0 Å². The lowest BCUT2D eigenvalue weighted by molar-refractivity contribution is -0.122. The van der Waals surface area contributed by atoms with Gasteiger partial charge in [-0.1, -0.05) is 6.07 Å². The summed E-state index contributed by atoms with van der Waals surface area (Å²) >= 11 is 1.79. The quantitative estimate of drug-likeness (QED) is 0.875. The van der Waals surface area contributed by atoms with E-state index in [1.54, 1.807) is 18.7 Å². The highest BCUT2D eigenvalue weighted by Gasteiger charge is 2.24. The van der Waals surface area contributed by atoms with Crippen LogP contribution in [0.25, 0.3) is 0 Å². The van der Waals surface area contributed by atoms with Crippen molar-refractivity contribution in [3.8, 4) is 5.75 Å². The van der Waals surface area contributed by atoms with Crippen molar-refractivity contribution < 1.29 is 9.53 Å². The smallest absolute Gasteiger partial charge is 0.265 e. The van der Waals surface area contributed by atoms with Crippen molar-refractivity contribution in [2.75, 3.05) is 24.4 Å². The van der Waals surface area contributed by atoms with E-state index in [1.807, 2.05) is 25.2 Å². The maximum atomic E-state index is 11.6. The molecule has 0 saturated carbocycles. The summed E-state index contributed by atoms with van der Waals surface area (Å²) in [5.41, 5.74) is 1.92. The fourth-order valence-electron chi connectivity index (χ4n) is 1.96. The van der Waals surface area contributed by atoms with Gasteiger partial charge in [0.1, 0.15) is 5.75 Å². The molecule has 5 heteroatoms. The van der Waals surface area contributed by atoms with Crippen molar-refractivity contribution in [1.29, 1.82) is 0 Å². The van der Waals surface area contributed by atoms with Crippen LogP contribution in [0.2, 0.25) is 0 Å². The van der Waals surface area contributed by atoms with Gasteiger partial charge in [0.25, 0.3) is 5.91 Å². The van der Waals surface area contributed by atoms with Crippen LogP contribution < -0.4 is 15.4 Å². The zero-order valence-corrected chi connectivity index (χ0v) is 11.6. The Hall–Kier alpha value is -1.20. The zero-order chi connectivity index (χ0) is 13.1. The minimum absolute atomic E-state index is 0.0921. The highest BCUT2D eigenvalue weighted by molar-refractivity contribution is 7.98. The molecular weight excluding hydrogens is 248 g/mol. The van der Waals surface area contributed by atoms with Crippen LogP contribution in [0.3, 0.4) is 0 Å². The number of nitrogens with one attached hydrogen (secondary N) is 2. The highest BCUT2D eigenvalue weighted by Crippen LogP contribution is 2.32. The Morgan fingerprint density at radius 3 is 3.00 bits per heavy atom. The molecule has 0 aromatic heterocycles. The highest BCUT2D eigenvalue weighted by atomic mass is 32.2. The first-order valence-electron chi connectivity index (χ1n) is 5.93. The summed E-state index contributed by atoms with van der Waals surface area (Å²) < 4.78 is 5.53. The van der Waals surface area contributed by atoms with E-state index in [9.17, 15) is 4.79 Å². The van der Waals surface area contributed by atoms with Gasteiger partial charge in [-0.2, -0.15) is 11.8 Å². The zero-order valence-electron chi connectivity index (χ0n) is 10.8. The van der Waals surface area contributed by atoms with Gasteiger partial charge in [-0.05, 0) is 37.9 Å². The Bertz CT molecular complexity index is 451. The summed E-state index contributed by atoms with van der Waals surface area (Å²) in [6.45, 7) is 1.75. The molecule has 0 bridgehead atoms. The topological polar surface area (TPSA) is 50.4 Å². The van der Waals surface area contributed by atoms with Crippen LogP contribution in [0.15, 0.2) is 18.2 Å². The third kappa shape index (κ3) is 2.62. The van der Waals surface area contributed by atoms with E-state index in [1.165, 1.54) is 0 Å². The monoisotopic (exact) mass is 266 g/mol. The molecule has 0 aliphatic carbocycles. The van der Waals surface area contributed by atoms with Crippen molar-refractivity contribution in [3.05, 3.63) is 23.8 Å². The van der Waals surface area contributed by atoms with Crippen LogP contribution in [0.5, 0.6) is 5.75 Å². The third-order valence-corrected chi connectivity index (χ3v) is 3.69. The lowest BCUT2D eigenvalue weighted by atomic mass is 10.1. The van der Waals surface area contributed by atoms with Crippen molar-refractivity contribution in [1.82, 2.24) is 5.32 Å². The van der Waals surface area contributed by atoms with Crippen molar-refractivity contribution in [2.45, 2.75) is 19.1 Å². The number of rotatable bonds is 4. The number of hydrogen-bond acceptors (Lipinski definition) is 4. The van der Waals surface area contributed by atoms with Crippen LogP contribution in [-0.4, -0.2) is 31.1 Å². The SMILES string of the molecule is CNC(CSC)c1ccc2c(c1)NC(=O)C(C)O2. The Labute approximate surface area is 111 Å². The maximum Gasteiger partial charge on any atom is 0.265 e. The van der Waals surface area contributed by atoms with Gasteiger partial charge in [-0.3, -0.25) is 4.79 Å². The first-order chi connectivity index (χ1) is 8.65. The Morgan fingerprint density at radius 1 is 1.56 bits per heavy atom. The molecule has 2 atom stereocenters. The fraction of sp³-hybridized carbons (Fsp3) is 0.462. The molecule has 4 nitrogen and oxygen atoms in total. The fourth-order valence-corrected chi connectivity index (χ4v) is 2.65. The molecule has 98 valence electrons. The van der Waals surface area contributed by atoms with Gasteiger partial charge in [0, 0.05) is 11.8 Å². The first-order valence-corrected chi connectivity index (χ1v) is 7.32. The first kappa shape index (κ1) is 13.2. The Kier molecular flexibility index (Phi) is 4.14. The van der Waals surface area contributed by atoms with Gasteiger partial charge in [-0.25, -0.2) is 0 Å². The number of anilines is 1. The molecule has 0 fully saturated rings. The van der Waals surface area contributed by atoms with E-state index in [0.29, 0.717) is 0 Å². The number of carbonyl (C=O) groups excluding carboxylic acids is 1. The van der Waals surface area contributed by atoms with E-state index in [0.717, 1.165) is 22.8 Å². The second-order valence-corrected chi connectivity index (χ2v) is 5.21. The summed E-state index contributed by atoms with van der Waals surface area (Å²) in [7, 11) is 1.94. The minimum Gasteiger partial charge on any atom is -0.479 e. The molecule has 0 spiro atoms. The van der Waals surface area contributed by atoms with Gasteiger partial charge >= 0.3 is 0 Å². The Morgan fingerprint density at radius 2 is 2.33 bits per heavy atom. The second kappa shape index (κ2) is 5.63. The molecule has 1 aliphatic rings.